The molecule has 0 heterocycles. The summed E-state index contributed by atoms with van der Waals surface area (Å²) in [6.45, 7) is 13.3. The average molecular weight is 499 g/mol. The van der Waals surface area contributed by atoms with E-state index in [2.05, 4.69) is 46.9 Å². The molecule has 5 nitrogen and oxygen atoms in total. The summed E-state index contributed by atoms with van der Waals surface area (Å²) in [5.74, 6) is 0.648. The Hall–Kier alpha value is -2.34. The van der Waals surface area contributed by atoms with Crippen LogP contribution in [0.25, 0.3) is 0 Å². The number of allylic oxidation sites excluding steroid dienone is 2. The lowest BCUT2D eigenvalue weighted by molar-refractivity contribution is -0.134. The van der Waals surface area contributed by atoms with Crippen LogP contribution in [0.4, 0.5) is 0 Å². The van der Waals surface area contributed by atoms with E-state index in [1.54, 1.807) is 13.2 Å². The van der Waals surface area contributed by atoms with E-state index in [1.165, 1.54) is 7.11 Å². The van der Waals surface area contributed by atoms with Gasteiger partial charge < -0.3 is 13.9 Å². The van der Waals surface area contributed by atoms with Crippen molar-refractivity contribution in [3.05, 3.63) is 53.3 Å². The van der Waals surface area contributed by atoms with Gasteiger partial charge in [0.2, 0.25) is 8.32 Å². The van der Waals surface area contributed by atoms with Gasteiger partial charge in [-0.1, -0.05) is 33.3 Å². The van der Waals surface area contributed by atoms with Gasteiger partial charge in [0.05, 0.1) is 20.5 Å². The molecule has 1 aromatic rings. The lowest BCUT2D eigenvalue weighted by Crippen LogP contribution is -2.40. The quantitative estimate of drug-likeness (QED) is 0.177. The molecule has 3 rings (SSSR count). The van der Waals surface area contributed by atoms with Gasteiger partial charge in [0.15, 0.2) is 5.78 Å². The molecule has 0 unspecified atom stereocenters. The summed E-state index contributed by atoms with van der Waals surface area (Å²) in [4.78, 5) is 26.0. The summed E-state index contributed by atoms with van der Waals surface area (Å²) < 4.78 is 16.8. The summed E-state index contributed by atoms with van der Waals surface area (Å²) in [7, 11) is 1.07. The van der Waals surface area contributed by atoms with E-state index in [9.17, 15) is 9.59 Å². The minimum Gasteiger partial charge on any atom is -0.549 e. The number of hydrogen-bond donors (Lipinski definition) is 0. The number of benzene rings is 1. The molecule has 2 aliphatic carbocycles. The van der Waals surface area contributed by atoms with Crippen molar-refractivity contribution in [1.82, 2.24) is 0 Å². The van der Waals surface area contributed by atoms with Crippen LogP contribution in [0.5, 0.6) is 5.75 Å². The van der Waals surface area contributed by atoms with E-state index in [1.807, 2.05) is 24.5 Å². The lowest BCUT2D eigenvalue weighted by atomic mass is 9.63. The molecule has 3 atom stereocenters. The fraction of sp³-hybridized carbons (Fsp3) is 0.586. The number of ether oxygens (including phenoxy) is 2. The molecule has 1 fully saturated rings. The van der Waals surface area contributed by atoms with Crippen LogP contribution in [0.15, 0.2) is 42.2 Å². The van der Waals surface area contributed by atoms with Gasteiger partial charge >= 0.3 is 5.97 Å². The first kappa shape index (κ1) is 27.2. The summed E-state index contributed by atoms with van der Waals surface area (Å²) in [5.41, 5.74) is 2.49. The van der Waals surface area contributed by atoms with Crippen LogP contribution in [0, 0.1) is 17.3 Å². The second kappa shape index (κ2) is 10.3. The molecule has 0 saturated heterocycles. The number of rotatable bonds is 7. The Bertz CT molecular complexity index is 1020. The Morgan fingerprint density at radius 3 is 2.49 bits per heavy atom. The van der Waals surface area contributed by atoms with Crippen LogP contribution in [-0.2, 0) is 20.4 Å². The van der Waals surface area contributed by atoms with Gasteiger partial charge in [0.1, 0.15) is 5.75 Å². The number of aryl methyl sites for hydroxylation is 1. The maximum atomic E-state index is 13.8. The average Bonchev–Trinajstić information content (AvgIpc) is 3.15. The van der Waals surface area contributed by atoms with E-state index in [-0.39, 0.29) is 28.6 Å². The minimum atomic E-state index is -1.99. The molecule has 192 valence electrons. The number of carbonyl (C=O) groups excluding carboxylic acids is 2. The Kier molecular flexibility index (Phi) is 8.05. The molecule has 0 radical (unpaired) electrons. The molecule has 0 spiro atoms. The second-order valence-electron chi connectivity index (χ2n) is 11.4. The third kappa shape index (κ3) is 5.27. The third-order valence-corrected chi connectivity index (χ3v) is 13.1. The Labute approximate surface area is 212 Å². The molecule has 0 amide bonds. The van der Waals surface area contributed by atoms with Crippen molar-refractivity contribution in [3.8, 4) is 5.75 Å². The van der Waals surface area contributed by atoms with Crippen LogP contribution in [0.1, 0.15) is 69.3 Å². The monoisotopic (exact) mass is 498 g/mol. The van der Waals surface area contributed by atoms with Crippen molar-refractivity contribution in [3.63, 3.8) is 0 Å². The van der Waals surface area contributed by atoms with E-state index in [4.69, 9.17) is 13.9 Å². The lowest BCUT2D eigenvalue weighted by Gasteiger charge is -2.40. The van der Waals surface area contributed by atoms with Gasteiger partial charge in [0.25, 0.3) is 0 Å². The van der Waals surface area contributed by atoms with Crippen molar-refractivity contribution in [2.75, 3.05) is 14.2 Å². The first-order valence-electron chi connectivity index (χ1n) is 12.8. The van der Waals surface area contributed by atoms with Gasteiger partial charge in [-0.25, -0.2) is 4.79 Å². The molecule has 0 aliphatic heterocycles. The number of carbonyl (C=O) groups is 2. The van der Waals surface area contributed by atoms with Gasteiger partial charge in [0, 0.05) is 23.0 Å². The molecule has 2 aliphatic rings. The highest BCUT2D eigenvalue weighted by Crippen LogP contribution is 2.56. The highest BCUT2D eigenvalue weighted by Gasteiger charge is 2.50. The molecule has 1 aromatic carbocycles. The van der Waals surface area contributed by atoms with Crippen molar-refractivity contribution in [2.24, 2.45) is 17.3 Å². The first-order chi connectivity index (χ1) is 16.4. The van der Waals surface area contributed by atoms with Crippen LogP contribution in [0.2, 0.25) is 18.1 Å². The second-order valence-corrected chi connectivity index (χ2v) is 16.2. The van der Waals surface area contributed by atoms with Gasteiger partial charge in [-0.15, -0.1) is 0 Å². The van der Waals surface area contributed by atoms with Crippen molar-refractivity contribution in [2.45, 2.75) is 77.9 Å². The molecule has 35 heavy (non-hydrogen) atoms. The zero-order valence-electron chi connectivity index (χ0n) is 22.7. The minimum absolute atomic E-state index is 0.0839. The maximum Gasteiger partial charge on any atom is 0.330 e. The number of Topliss-reactive ketones (excluding diaryl/α,β-unsaturated/α-hetero) is 1. The third-order valence-electron chi connectivity index (χ3n) is 8.72. The normalized spacial score (nSPS) is 26.2. The summed E-state index contributed by atoms with van der Waals surface area (Å²) in [5, 5.41) is 0.0839. The van der Waals surface area contributed by atoms with Crippen LogP contribution < -0.4 is 4.74 Å². The zero-order valence-corrected chi connectivity index (χ0v) is 23.7. The summed E-state index contributed by atoms with van der Waals surface area (Å²) in [6.07, 6.45) is 9.74. The largest absolute Gasteiger partial charge is 0.549 e. The topological polar surface area (TPSA) is 61.8 Å². The van der Waals surface area contributed by atoms with E-state index in [0.717, 1.165) is 54.6 Å². The molecule has 0 bridgehead atoms. The maximum absolute atomic E-state index is 13.8. The molecular formula is C29H42O5Si. The van der Waals surface area contributed by atoms with Gasteiger partial charge in [-0.3, -0.25) is 4.79 Å². The van der Waals surface area contributed by atoms with Crippen LogP contribution in [-0.4, -0.2) is 34.3 Å². The molecular weight excluding hydrogens is 456 g/mol. The first-order valence-corrected chi connectivity index (χ1v) is 15.7. The van der Waals surface area contributed by atoms with Crippen molar-refractivity contribution < 1.29 is 23.5 Å². The molecule has 0 aromatic heterocycles. The Balaban J connectivity index is 2.00. The number of ketones is 1. The van der Waals surface area contributed by atoms with Crippen LogP contribution >= 0.6 is 0 Å². The molecule has 1 saturated carbocycles. The predicted molar refractivity (Wildman–Crippen MR) is 142 cm³/mol. The highest BCUT2D eigenvalue weighted by molar-refractivity contribution is 6.74. The van der Waals surface area contributed by atoms with Gasteiger partial charge in [-0.05, 0) is 86.0 Å². The number of esters is 1. The standard InChI is InChI=1S/C29H42O5Si/c1-9-29(16-17-34-35(7,8)28(2,3)4)21(19-26(30)33-6)11-15-25(29)24-13-10-20-18-22(32-5)12-14-23(20)27(24)31/h12,14,16-19,24-25H,9-11,13,15H2,1-8H3/b17-16+,21-19+/t24-,25+,29+/m1/s1. The molecule has 0 N–H and O–H groups in total. The predicted octanol–water partition coefficient (Wildman–Crippen LogP) is 6.88. The van der Waals surface area contributed by atoms with Crippen LogP contribution in [0.3, 0.4) is 0 Å². The zero-order chi connectivity index (χ0) is 26.0. The number of fused-ring (bicyclic) bond motifs is 1. The fourth-order valence-electron chi connectivity index (χ4n) is 5.52. The Morgan fingerprint density at radius 2 is 1.89 bits per heavy atom. The van der Waals surface area contributed by atoms with Crippen molar-refractivity contribution >= 4 is 20.1 Å². The number of hydrogen-bond acceptors (Lipinski definition) is 5. The fourth-order valence-corrected chi connectivity index (χ4v) is 6.28. The Morgan fingerprint density at radius 1 is 1.17 bits per heavy atom. The van der Waals surface area contributed by atoms with Crippen molar-refractivity contribution in [1.29, 1.82) is 0 Å². The van der Waals surface area contributed by atoms with E-state index < -0.39 is 13.7 Å². The summed E-state index contributed by atoms with van der Waals surface area (Å²) in [6, 6.07) is 5.77. The SMILES string of the molecule is CC[C@]1(/C=C/O[Si](C)(C)C(C)(C)C)/C(=C/C(=O)OC)CC[C@H]1[C@H]1CCc2cc(OC)ccc2C1=O. The highest BCUT2D eigenvalue weighted by atomic mass is 28.4. The smallest absolute Gasteiger partial charge is 0.330 e. The number of methoxy groups -OCH3 is 2. The molecule has 6 heteroatoms. The van der Waals surface area contributed by atoms with Gasteiger partial charge in [-0.2, -0.15) is 0 Å². The van der Waals surface area contributed by atoms with E-state index >= 15 is 0 Å². The summed E-state index contributed by atoms with van der Waals surface area (Å²) >= 11 is 0. The van der Waals surface area contributed by atoms with E-state index in [0.29, 0.717) is 0 Å².